The molecule has 0 fully saturated rings. The molecule has 0 amide bonds. The van der Waals surface area contributed by atoms with Crippen molar-refractivity contribution in [1.29, 1.82) is 0 Å². The average molecular weight is 304 g/mol. The topological polar surface area (TPSA) is 43.4 Å². The summed E-state index contributed by atoms with van der Waals surface area (Å²) in [5.74, 6) is -0.370. The highest BCUT2D eigenvalue weighted by Gasteiger charge is 2.26. The molecule has 0 spiro atoms. The SMILES string of the molecule is CCCC(C(=O)OCC)S(=O)c1ccc2ccccc2c1. The minimum atomic E-state index is -1.38. The summed E-state index contributed by atoms with van der Waals surface area (Å²) >= 11 is 0. The Balaban J connectivity index is 2.31. The fraction of sp³-hybridized carbons (Fsp3) is 0.353. The van der Waals surface area contributed by atoms with Gasteiger partial charge in [-0.05, 0) is 36.2 Å². The molecular weight excluding hydrogens is 284 g/mol. The lowest BCUT2D eigenvalue weighted by molar-refractivity contribution is -0.142. The third-order valence-electron chi connectivity index (χ3n) is 3.31. The second kappa shape index (κ2) is 7.36. The lowest BCUT2D eigenvalue weighted by Gasteiger charge is -2.14. The Morgan fingerprint density at radius 1 is 1.14 bits per heavy atom. The maximum atomic E-state index is 12.7. The van der Waals surface area contributed by atoms with Gasteiger partial charge < -0.3 is 4.74 Å². The molecule has 0 aromatic heterocycles. The summed E-state index contributed by atoms with van der Waals surface area (Å²) in [5.41, 5.74) is 0. The highest BCUT2D eigenvalue weighted by atomic mass is 32.2. The molecule has 2 aromatic rings. The Kier molecular flexibility index (Phi) is 5.51. The number of benzene rings is 2. The Labute approximate surface area is 127 Å². The molecule has 0 radical (unpaired) electrons. The number of hydrogen-bond acceptors (Lipinski definition) is 3. The third kappa shape index (κ3) is 3.70. The standard InChI is InChI=1S/C17H20O3S/c1-3-7-16(17(18)20-4-2)21(19)15-11-10-13-8-5-6-9-14(13)12-15/h5-6,8-12,16H,3-4,7H2,1-2H3. The first-order valence-electron chi connectivity index (χ1n) is 7.23. The van der Waals surface area contributed by atoms with E-state index in [1.807, 2.05) is 49.4 Å². The molecule has 112 valence electrons. The number of carbonyl (C=O) groups excluding carboxylic acids is 1. The van der Waals surface area contributed by atoms with Crippen molar-refractivity contribution in [2.45, 2.75) is 36.8 Å². The number of fused-ring (bicyclic) bond motifs is 1. The molecule has 0 heterocycles. The van der Waals surface area contributed by atoms with Crippen molar-refractivity contribution in [3.8, 4) is 0 Å². The highest BCUT2D eigenvalue weighted by Crippen LogP contribution is 2.22. The van der Waals surface area contributed by atoms with Crippen LogP contribution in [0.25, 0.3) is 10.8 Å². The summed E-state index contributed by atoms with van der Waals surface area (Å²) in [6.07, 6.45) is 1.36. The second-order valence-corrected chi connectivity index (χ2v) is 6.47. The van der Waals surface area contributed by atoms with Gasteiger partial charge in [-0.25, -0.2) is 0 Å². The van der Waals surface area contributed by atoms with Crippen LogP contribution < -0.4 is 0 Å². The van der Waals surface area contributed by atoms with Crippen LogP contribution in [0.5, 0.6) is 0 Å². The summed E-state index contributed by atoms with van der Waals surface area (Å²) in [6.45, 7) is 4.05. The summed E-state index contributed by atoms with van der Waals surface area (Å²) < 4.78 is 17.8. The summed E-state index contributed by atoms with van der Waals surface area (Å²) in [6, 6.07) is 13.6. The van der Waals surface area contributed by atoms with Crippen molar-refractivity contribution >= 4 is 27.5 Å². The predicted molar refractivity (Wildman–Crippen MR) is 85.7 cm³/mol. The zero-order valence-corrected chi connectivity index (χ0v) is 13.2. The molecule has 21 heavy (non-hydrogen) atoms. The minimum absolute atomic E-state index is 0.313. The monoisotopic (exact) mass is 304 g/mol. The van der Waals surface area contributed by atoms with Crippen molar-refractivity contribution in [3.63, 3.8) is 0 Å². The van der Waals surface area contributed by atoms with E-state index >= 15 is 0 Å². The molecule has 3 nitrogen and oxygen atoms in total. The first-order valence-corrected chi connectivity index (χ1v) is 8.44. The second-order valence-electron chi connectivity index (χ2n) is 4.84. The van der Waals surface area contributed by atoms with E-state index in [4.69, 9.17) is 4.74 Å². The van der Waals surface area contributed by atoms with E-state index in [1.54, 1.807) is 6.92 Å². The van der Waals surface area contributed by atoms with Crippen LogP contribution >= 0.6 is 0 Å². The zero-order valence-electron chi connectivity index (χ0n) is 12.4. The van der Waals surface area contributed by atoms with Gasteiger partial charge in [-0.1, -0.05) is 43.7 Å². The Hall–Kier alpha value is -1.68. The van der Waals surface area contributed by atoms with Gasteiger partial charge in [-0.2, -0.15) is 0 Å². The van der Waals surface area contributed by atoms with E-state index < -0.39 is 16.0 Å². The van der Waals surface area contributed by atoms with Crippen molar-refractivity contribution in [1.82, 2.24) is 0 Å². The lowest BCUT2D eigenvalue weighted by Crippen LogP contribution is -2.28. The van der Waals surface area contributed by atoms with Crippen molar-refractivity contribution in [2.75, 3.05) is 6.61 Å². The van der Waals surface area contributed by atoms with Crippen LogP contribution in [0.4, 0.5) is 0 Å². The Bertz CT molecular complexity index is 651. The molecule has 0 saturated carbocycles. The molecule has 2 atom stereocenters. The molecule has 0 aliphatic heterocycles. The van der Waals surface area contributed by atoms with E-state index in [-0.39, 0.29) is 5.97 Å². The van der Waals surface area contributed by atoms with E-state index in [2.05, 4.69) is 0 Å². The predicted octanol–water partition coefficient (Wildman–Crippen LogP) is 3.68. The maximum Gasteiger partial charge on any atom is 0.322 e. The zero-order chi connectivity index (χ0) is 15.2. The van der Waals surface area contributed by atoms with Gasteiger partial charge in [0.2, 0.25) is 0 Å². The van der Waals surface area contributed by atoms with Crippen LogP contribution in [-0.4, -0.2) is 22.0 Å². The Morgan fingerprint density at radius 3 is 2.52 bits per heavy atom. The number of esters is 1. The van der Waals surface area contributed by atoms with E-state index in [0.717, 1.165) is 17.2 Å². The van der Waals surface area contributed by atoms with Gasteiger partial charge in [0.05, 0.1) is 17.4 Å². The first kappa shape index (κ1) is 15.7. The van der Waals surface area contributed by atoms with Gasteiger partial charge in [0.1, 0.15) is 5.25 Å². The highest BCUT2D eigenvalue weighted by molar-refractivity contribution is 7.86. The Morgan fingerprint density at radius 2 is 1.86 bits per heavy atom. The number of carbonyl (C=O) groups is 1. The summed E-state index contributed by atoms with van der Waals surface area (Å²) in [4.78, 5) is 12.7. The number of hydrogen-bond donors (Lipinski definition) is 0. The molecule has 2 rings (SSSR count). The van der Waals surface area contributed by atoms with Gasteiger partial charge in [0, 0.05) is 4.90 Å². The van der Waals surface area contributed by atoms with Crippen LogP contribution in [-0.2, 0) is 20.3 Å². The molecule has 0 N–H and O–H groups in total. The van der Waals surface area contributed by atoms with Crippen molar-refractivity contribution in [2.24, 2.45) is 0 Å². The molecule has 0 saturated heterocycles. The van der Waals surface area contributed by atoms with Gasteiger partial charge in [0.15, 0.2) is 0 Å². The molecule has 4 heteroatoms. The quantitative estimate of drug-likeness (QED) is 0.765. The molecule has 0 aliphatic rings. The molecule has 0 bridgehead atoms. The third-order valence-corrected chi connectivity index (χ3v) is 4.98. The lowest BCUT2D eigenvalue weighted by atomic mass is 10.1. The van der Waals surface area contributed by atoms with Gasteiger partial charge >= 0.3 is 5.97 Å². The molecule has 0 aliphatic carbocycles. The number of ether oxygens (including phenoxy) is 1. The smallest absolute Gasteiger partial charge is 0.322 e. The average Bonchev–Trinajstić information content (AvgIpc) is 2.51. The van der Waals surface area contributed by atoms with Gasteiger partial charge in [-0.15, -0.1) is 0 Å². The van der Waals surface area contributed by atoms with E-state index in [0.29, 0.717) is 17.9 Å². The molecule has 2 aromatic carbocycles. The largest absolute Gasteiger partial charge is 0.465 e. The summed E-state index contributed by atoms with van der Waals surface area (Å²) in [5, 5.41) is 1.54. The minimum Gasteiger partial charge on any atom is -0.465 e. The van der Waals surface area contributed by atoms with Gasteiger partial charge in [-0.3, -0.25) is 9.00 Å². The fourth-order valence-electron chi connectivity index (χ4n) is 2.27. The van der Waals surface area contributed by atoms with Crippen LogP contribution in [0.3, 0.4) is 0 Å². The maximum absolute atomic E-state index is 12.7. The normalized spacial score (nSPS) is 13.8. The van der Waals surface area contributed by atoms with Crippen LogP contribution in [0.2, 0.25) is 0 Å². The number of rotatable bonds is 6. The van der Waals surface area contributed by atoms with E-state index in [1.165, 1.54) is 0 Å². The molecule has 2 unspecified atom stereocenters. The molecular formula is C17H20O3S. The van der Waals surface area contributed by atoms with Crippen LogP contribution in [0, 0.1) is 0 Å². The fourth-order valence-corrected chi connectivity index (χ4v) is 3.73. The summed E-state index contributed by atoms with van der Waals surface area (Å²) in [7, 11) is -1.38. The first-order chi connectivity index (χ1) is 10.2. The van der Waals surface area contributed by atoms with Crippen molar-refractivity contribution in [3.05, 3.63) is 42.5 Å². The van der Waals surface area contributed by atoms with Crippen molar-refractivity contribution < 1.29 is 13.7 Å². The van der Waals surface area contributed by atoms with Gasteiger partial charge in [0.25, 0.3) is 0 Å². The van der Waals surface area contributed by atoms with Crippen LogP contribution in [0.15, 0.2) is 47.4 Å². The van der Waals surface area contributed by atoms with E-state index in [9.17, 15) is 9.00 Å². The van der Waals surface area contributed by atoms with Crippen LogP contribution in [0.1, 0.15) is 26.7 Å².